The largest absolute Gasteiger partial charge is 0.507 e. The molecule has 1 amide bonds. The number of aliphatic hydroxyl groups excluding tert-OH is 1. The van der Waals surface area contributed by atoms with Gasteiger partial charge in [-0.25, -0.2) is 4.98 Å². The number of thiazole rings is 1. The van der Waals surface area contributed by atoms with E-state index in [1.54, 1.807) is 30.3 Å². The molecule has 2 heterocycles. The smallest absolute Gasteiger partial charge is 0.301 e. The Morgan fingerprint density at radius 1 is 1.08 bits per heavy atom. The number of Topliss-reactive ketones (excluding diaryl/α,β-unsaturated/α-hetero) is 1. The topological polar surface area (TPSA) is 109 Å². The highest BCUT2D eigenvalue weighted by molar-refractivity contribution is 7.22. The zero-order chi connectivity index (χ0) is 27.1. The summed E-state index contributed by atoms with van der Waals surface area (Å²) < 4.78 is 11.7. The van der Waals surface area contributed by atoms with Crippen molar-refractivity contribution in [3.05, 3.63) is 82.4 Å². The lowest BCUT2D eigenvalue weighted by Gasteiger charge is -2.23. The molecule has 1 atom stereocenters. The van der Waals surface area contributed by atoms with Crippen molar-refractivity contribution in [2.75, 3.05) is 18.6 Å². The first-order chi connectivity index (χ1) is 18.2. The van der Waals surface area contributed by atoms with Crippen LogP contribution < -0.4 is 14.4 Å². The number of amides is 1. The number of anilines is 1. The van der Waals surface area contributed by atoms with Crippen LogP contribution in [-0.4, -0.2) is 40.6 Å². The Morgan fingerprint density at radius 2 is 1.87 bits per heavy atom. The number of ketones is 1. The van der Waals surface area contributed by atoms with E-state index >= 15 is 0 Å². The standard InChI is InChI=1S/C29H26N2O6S/c1-5-37-18-9-10-20-23(14-18)38-29(30-20)31-25(17-8-11-21(32)22(13-17)36-4)24(27(34)28(31)35)26(33)19-12-15(2)6-7-16(19)3/h6-14,25,32-33H,5H2,1-4H3/b26-24+. The van der Waals surface area contributed by atoms with Gasteiger partial charge in [-0.05, 0) is 68.3 Å². The molecule has 38 heavy (non-hydrogen) atoms. The van der Waals surface area contributed by atoms with E-state index in [2.05, 4.69) is 4.98 Å². The van der Waals surface area contributed by atoms with Crippen LogP contribution in [0.15, 0.2) is 60.2 Å². The zero-order valence-corrected chi connectivity index (χ0v) is 22.1. The number of aliphatic hydroxyl groups is 1. The van der Waals surface area contributed by atoms with Crippen LogP contribution in [0.3, 0.4) is 0 Å². The number of methoxy groups -OCH3 is 1. The highest BCUT2D eigenvalue weighted by atomic mass is 32.1. The molecule has 1 aromatic heterocycles. The maximum Gasteiger partial charge on any atom is 0.301 e. The predicted octanol–water partition coefficient (Wildman–Crippen LogP) is 5.65. The number of aromatic hydroxyl groups is 1. The van der Waals surface area contributed by atoms with Crippen LogP contribution in [0, 0.1) is 13.8 Å². The van der Waals surface area contributed by atoms with Crippen molar-refractivity contribution < 1.29 is 29.3 Å². The second-order valence-electron chi connectivity index (χ2n) is 8.98. The fraction of sp³-hybridized carbons (Fsp3) is 0.207. The van der Waals surface area contributed by atoms with Crippen molar-refractivity contribution in [3.8, 4) is 17.2 Å². The van der Waals surface area contributed by atoms with Crippen molar-refractivity contribution in [3.63, 3.8) is 0 Å². The van der Waals surface area contributed by atoms with Gasteiger partial charge in [0, 0.05) is 5.56 Å². The van der Waals surface area contributed by atoms with E-state index in [0.717, 1.165) is 15.8 Å². The van der Waals surface area contributed by atoms with Gasteiger partial charge in [-0.2, -0.15) is 0 Å². The zero-order valence-electron chi connectivity index (χ0n) is 21.3. The van der Waals surface area contributed by atoms with Gasteiger partial charge in [0.1, 0.15) is 11.5 Å². The molecule has 4 aromatic rings. The number of aryl methyl sites for hydroxylation is 2. The number of aromatic nitrogens is 1. The maximum atomic E-state index is 13.5. The van der Waals surface area contributed by atoms with Gasteiger partial charge in [-0.15, -0.1) is 0 Å². The summed E-state index contributed by atoms with van der Waals surface area (Å²) in [6.07, 6.45) is 0. The highest BCUT2D eigenvalue weighted by Gasteiger charge is 2.48. The number of rotatable bonds is 6. The molecule has 1 saturated heterocycles. The molecule has 8 nitrogen and oxygen atoms in total. The highest BCUT2D eigenvalue weighted by Crippen LogP contribution is 2.46. The molecular weight excluding hydrogens is 504 g/mol. The Hall–Kier alpha value is -4.37. The molecule has 194 valence electrons. The summed E-state index contributed by atoms with van der Waals surface area (Å²) in [5.74, 6) is -1.15. The van der Waals surface area contributed by atoms with E-state index < -0.39 is 17.7 Å². The Balaban J connectivity index is 1.74. The van der Waals surface area contributed by atoms with Gasteiger partial charge in [0.2, 0.25) is 0 Å². The molecule has 0 bridgehead atoms. The minimum Gasteiger partial charge on any atom is -0.507 e. The molecule has 1 aliphatic heterocycles. The number of hydrogen-bond acceptors (Lipinski definition) is 8. The van der Waals surface area contributed by atoms with Gasteiger partial charge in [0.05, 0.1) is 35.5 Å². The minimum absolute atomic E-state index is 0.0642. The normalized spacial score (nSPS) is 16.8. The van der Waals surface area contributed by atoms with Crippen molar-refractivity contribution in [2.24, 2.45) is 0 Å². The number of ether oxygens (including phenoxy) is 2. The van der Waals surface area contributed by atoms with Crippen LogP contribution in [0.1, 0.15) is 35.2 Å². The fourth-order valence-corrected chi connectivity index (χ4v) is 5.62. The number of carbonyl (C=O) groups is 2. The summed E-state index contributed by atoms with van der Waals surface area (Å²) in [5, 5.41) is 22.0. The quantitative estimate of drug-likeness (QED) is 0.188. The first-order valence-corrected chi connectivity index (χ1v) is 12.8. The lowest BCUT2D eigenvalue weighted by atomic mass is 9.93. The van der Waals surface area contributed by atoms with Crippen LogP contribution in [0.5, 0.6) is 17.2 Å². The molecule has 9 heteroatoms. The van der Waals surface area contributed by atoms with Crippen LogP contribution in [0.2, 0.25) is 0 Å². The summed E-state index contributed by atoms with van der Waals surface area (Å²) in [7, 11) is 1.41. The third-order valence-corrected chi connectivity index (χ3v) is 7.50. The van der Waals surface area contributed by atoms with Crippen LogP contribution >= 0.6 is 11.3 Å². The summed E-state index contributed by atoms with van der Waals surface area (Å²) >= 11 is 1.24. The average Bonchev–Trinajstić information content (AvgIpc) is 3.43. The second-order valence-corrected chi connectivity index (χ2v) is 9.99. The first kappa shape index (κ1) is 25.3. The van der Waals surface area contributed by atoms with Crippen LogP contribution in [0.25, 0.3) is 16.0 Å². The van der Waals surface area contributed by atoms with E-state index in [0.29, 0.717) is 34.1 Å². The molecular formula is C29H26N2O6S. The van der Waals surface area contributed by atoms with Gasteiger partial charge < -0.3 is 19.7 Å². The Bertz CT molecular complexity index is 1620. The van der Waals surface area contributed by atoms with E-state index in [1.807, 2.05) is 39.0 Å². The maximum absolute atomic E-state index is 13.5. The third-order valence-electron chi connectivity index (χ3n) is 6.48. The van der Waals surface area contributed by atoms with E-state index in [4.69, 9.17) is 9.47 Å². The number of fused-ring (bicyclic) bond motifs is 1. The molecule has 2 N–H and O–H groups in total. The van der Waals surface area contributed by atoms with Crippen LogP contribution in [0.4, 0.5) is 5.13 Å². The molecule has 1 aliphatic rings. The summed E-state index contributed by atoms with van der Waals surface area (Å²) in [6, 6.07) is 14.5. The van der Waals surface area contributed by atoms with Gasteiger partial charge in [0.25, 0.3) is 5.78 Å². The van der Waals surface area contributed by atoms with E-state index in [9.17, 15) is 19.8 Å². The van der Waals surface area contributed by atoms with Gasteiger partial charge in [-0.1, -0.05) is 35.1 Å². The number of nitrogens with zero attached hydrogens (tertiary/aromatic N) is 2. The molecule has 0 spiro atoms. The Labute approximate surface area is 223 Å². The molecule has 0 aliphatic carbocycles. The predicted molar refractivity (Wildman–Crippen MR) is 146 cm³/mol. The fourth-order valence-electron chi connectivity index (χ4n) is 4.60. The van der Waals surface area contributed by atoms with Crippen molar-refractivity contribution in [2.45, 2.75) is 26.8 Å². The molecule has 1 fully saturated rings. The molecule has 0 radical (unpaired) electrons. The monoisotopic (exact) mass is 530 g/mol. The number of phenols is 1. The van der Waals surface area contributed by atoms with Gasteiger partial charge in [0.15, 0.2) is 16.6 Å². The average molecular weight is 531 g/mol. The minimum atomic E-state index is -1.00. The third kappa shape index (κ3) is 4.24. The second kappa shape index (κ2) is 9.83. The Morgan fingerprint density at radius 3 is 2.61 bits per heavy atom. The number of hydrogen-bond donors (Lipinski definition) is 2. The van der Waals surface area contributed by atoms with Crippen molar-refractivity contribution in [1.82, 2.24) is 4.98 Å². The molecule has 0 saturated carbocycles. The Kier molecular flexibility index (Phi) is 6.54. The SMILES string of the molecule is CCOc1ccc2nc(N3C(=O)C(=O)/C(=C(/O)c4cc(C)ccc4C)C3c3ccc(O)c(OC)c3)sc2c1. The van der Waals surface area contributed by atoms with Gasteiger partial charge >= 0.3 is 5.91 Å². The molecule has 1 unspecified atom stereocenters. The number of phenolic OH excluding ortho intramolecular Hbond substituents is 1. The molecule has 3 aromatic carbocycles. The summed E-state index contributed by atoms with van der Waals surface area (Å²) in [5.41, 5.74) is 3.16. The lowest BCUT2D eigenvalue weighted by Crippen LogP contribution is -2.29. The molecule has 5 rings (SSSR count). The number of benzene rings is 3. The van der Waals surface area contributed by atoms with E-state index in [-0.39, 0.29) is 22.8 Å². The first-order valence-electron chi connectivity index (χ1n) is 12.0. The van der Waals surface area contributed by atoms with Crippen LogP contribution in [-0.2, 0) is 9.59 Å². The van der Waals surface area contributed by atoms with Crippen molar-refractivity contribution in [1.29, 1.82) is 0 Å². The van der Waals surface area contributed by atoms with Gasteiger partial charge in [-0.3, -0.25) is 14.5 Å². The lowest BCUT2D eigenvalue weighted by molar-refractivity contribution is -0.132. The summed E-state index contributed by atoms with van der Waals surface area (Å²) in [4.78, 5) is 33.0. The van der Waals surface area contributed by atoms with E-state index in [1.165, 1.54) is 29.4 Å². The number of carbonyl (C=O) groups excluding carboxylic acids is 2. The summed E-state index contributed by atoms with van der Waals surface area (Å²) in [6.45, 7) is 6.11. The van der Waals surface area contributed by atoms with Crippen molar-refractivity contribution >= 4 is 44.1 Å².